The molecule has 1 N–H and O–H groups in total. The van der Waals surface area contributed by atoms with Crippen molar-refractivity contribution >= 4 is 16.6 Å². The summed E-state index contributed by atoms with van der Waals surface area (Å²) < 4.78 is 16.9. The van der Waals surface area contributed by atoms with E-state index in [1.807, 2.05) is 38.2 Å². The molecule has 152 valence electrons. The van der Waals surface area contributed by atoms with Crippen LogP contribution in [0.3, 0.4) is 0 Å². The highest BCUT2D eigenvalue weighted by atomic mass is 19.1. The van der Waals surface area contributed by atoms with Crippen molar-refractivity contribution in [3.05, 3.63) is 53.2 Å². The van der Waals surface area contributed by atoms with Gasteiger partial charge in [0.15, 0.2) is 5.65 Å². The monoisotopic (exact) mass is 402 g/mol. The molecule has 2 fully saturated rings. The van der Waals surface area contributed by atoms with Crippen molar-refractivity contribution in [2.24, 2.45) is 0 Å². The predicted molar refractivity (Wildman–Crippen MR) is 113 cm³/mol. The minimum atomic E-state index is -0.281. The van der Waals surface area contributed by atoms with Crippen LogP contribution in [0.1, 0.15) is 48.6 Å². The van der Waals surface area contributed by atoms with Gasteiger partial charge in [0, 0.05) is 29.0 Å². The third-order valence-corrected chi connectivity index (χ3v) is 6.59. The van der Waals surface area contributed by atoms with Crippen LogP contribution in [0.25, 0.3) is 27.8 Å². The third-order valence-electron chi connectivity index (χ3n) is 6.59. The van der Waals surface area contributed by atoms with Crippen molar-refractivity contribution in [1.29, 1.82) is 0 Å². The molecule has 3 atom stereocenters. The van der Waals surface area contributed by atoms with Crippen molar-refractivity contribution in [3.63, 3.8) is 0 Å². The van der Waals surface area contributed by atoms with Crippen molar-refractivity contribution in [3.8, 4) is 11.3 Å². The lowest BCUT2D eigenvalue weighted by Gasteiger charge is -2.28. The summed E-state index contributed by atoms with van der Waals surface area (Å²) in [5, 5.41) is 17.7. The van der Waals surface area contributed by atoms with Gasteiger partial charge in [-0.15, -0.1) is 0 Å². The van der Waals surface area contributed by atoms with Crippen LogP contribution in [0.5, 0.6) is 0 Å². The third kappa shape index (κ3) is 2.88. The average molecular weight is 402 g/mol. The number of hydrogen-bond acceptors (Lipinski definition) is 5. The van der Waals surface area contributed by atoms with E-state index in [2.05, 4.69) is 25.6 Å². The van der Waals surface area contributed by atoms with E-state index in [4.69, 9.17) is 0 Å². The van der Waals surface area contributed by atoms with E-state index < -0.39 is 0 Å². The SMILES string of the molecule is Cc1cn2nc(-c3cc(F)c4cc(C5CC6CC[C@@H](C5)N6)nnc4c3)cc(C)c2n1. The molecule has 0 amide bonds. The number of nitrogens with zero attached hydrogens (tertiary/aromatic N) is 5. The lowest BCUT2D eigenvalue weighted by Crippen LogP contribution is -2.37. The second-order valence-corrected chi connectivity index (χ2v) is 8.83. The molecule has 2 aliphatic rings. The fourth-order valence-corrected chi connectivity index (χ4v) is 5.15. The predicted octanol–water partition coefficient (Wildman–Crippen LogP) is 4.09. The molecule has 2 saturated heterocycles. The molecule has 2 aliphatic heterocycles. The number of piperidine rings is 1. The summed E-state index contributed by atoms with van der Waals surface area (Å²) in [7, 11) is 0. The Morgan fingerprint density at radius 1 is 1.03 bits per heavy atom. The highest BCUT2D eigenvalue weighted by Crippen LogP contribution is 2.37. The van der Waals surface area contributed by atoms with E-state index in [9.17, 15) is 0 Å². The summed E-state index contributed by atoms with van der Waals surface area (Å²) in [6.07, 6.45) is 6.45. The van der Waals surface area contributed by atoms with Crippen LogP contribution in [0, 0.1) is 19.7 Å². The molecule has 3 aromatic heterocycles. The van der Waals surface area contributed by atoms with Crippen molar-refractivity contribution in [1.82, 2.24) is 30.1 Å². The summed E-state index contributed by atoms with van der Waals surface area (Å²) in [5.41, 5.74) is 5.58. The van der Waals surface area contributed by atoms with E-state index in [1.54, 1.807) is 10.6 Å². The van der Waals surface area contributed by atoms with Crippen LogP contribution in [-0.2, 0) is 0 Å². The van der Waals surface area contributed by atoms with Crippen molar-refractivity contribution < 1.29 is 4.39 Å². The first-order valence-electron chi connectivity index (χ1n) is 10.6. The van der Waals surface area contributed by atoms with Gasteiger partial charge in [-0.2, -0.15) is 15.3 Å². The quantitative estimate of drug-likeness (QED) is 0.547. The number of benzene rings is 1. The maximum atomic E-state index is 15.1. The molecule has 5 heterocycles. The zero-order chi connectivity index (χ0) is 20.4. The van der Waals surface area contributed by atoms with E-state index in [1.165, 1.54) is 12.8 Å². The van der Waals surface area contributed by atoms with Crippen LogP contribution in [0.2, 0.25) is 0 Å². The zero-order valence-corrected chi connectivity index (χ0v) is 17.1. The molecule has 0 spiro atoms. The molecule has 6 rings (SSSR count). The number of aromatic nitrogens is 5. The van der Waals surface area contributed by atoms with E-state index >= 15 is 4.39 Å². The first-order chi connectivity index (χ1) is 14.5. The first-order valence-corrected chi connectivity index (χ1v) is 10.6. The number of imidazole rings is 1. The minimum Gasteiger partial charge on any atom is -0.311 e. The van der Waals surface area contributed by atoms with Gasteiger partial charge in [0.05, 0.1) is 28.8 Å². The highest BCUT2D eigenvalue weighted by Gasteiger charge is 2.35. The first kappa shape index (κ1) is 17.9. The molecule has 7 heteroatoms. The maximum absolute atomic E-state index is 15.1. The van der Waals surface area contributed by atoms with Gasteiger partial charge in [0.2, 0.25) is 0 Å². The van der Waals surface area contributed by atoms with Gasteiger partial charge in [-0.3, -0.25) is 0 Å². The lowest BCUT2D eigenvalue weighted by molar-refractivity contribution is 0.358. The number of fused-ring (bicyclic) bond motifs is 4. The van der Waals surface area contributed by atoms with Gasteiger partial charge in [0.1, 0.15) is 5.82 Å². The summed E-state index contributed by atoms with van der Waals surface area (Å²) in [6.45, 7) is 3.92. The van der Waals surface area contributed by atoms with Gasteiger partial charge in [0.25, 0.3) is 0 Å². The fraction of sp³-hybridized carbons (Fsp3) is 0.391. The largest absolute Gasteiger partial charge is 0.311 e. The lowest BCUT2D eigenvalue weighted by atomic mass is 9.89. The summed E-state index contributed by atoms with van der Waals surface area (Å²) in [5.74, 6) is 0.0767. The topological polar surface area (TPSA) is 68.0 Å². The van der Waals surface area contributed by atoms with E-state index in [-0.39, 0.29) is 5.82 Å². The van der Waals surface area contributed by atoms with Crippen LogP contribution in [0.4, 0.5) is 4.39 Å². The van der Waals surface area contributed by atoms with Crippen LogP contribution in [0.15, 0.2) is 30.5 Å². The van der Waals surface area contributed by atoms with Crippen LogP contribution >= 0.6 is 0 Å². The average Bonchev–Trinajstić information content (AvgIpc) is 3.28. The van der Waals surface area contributed by atoms with Gasteiger partial charge in [-0.25, -0.2) is 13.9 Å². The summed E-state index contributed by atoms with van der Waals surface area (Å²) in [6, 6.07) is 8.40. The van der Waals surface area contributed by atoms with Crippen LogP contribution < -0.4 is 5.32 Å². The number of rotatable bonds is 2. The van der Waals surface area contributed by atoms with E-state index in [0.717, 1.165) is 35.4 Å². The Balaban J connectivity index is 1.41. The Hall–Kier alpha value is -2.93. The number of halogens is 1. The van der Waals surface area contributed by atoms with Gasteiger partial charge < -0.3 is 5.32 Å². The molecule has 4 aromatic rings. The standard InChI is InChI=1S/C23H23FN6/c1-12-5-21(29-30-11-13(2)25-23(12)30)15-8-19(24)18-10-20(27-28-22(18)9-15)14-6-16-3-4-17(7-14)26-16/h5,8-11,14,16-17,26H,3-4,6-7H2,1-2H3/t14?,16-,17?/m0/s1. The molecule has 6 nitrogen and oxygen atoms in total. The second kappa shape index (κ2) is 6.54. The maximum Gasteiger partial charge on any atom is 0.156 e. The molecular formula is C23H23FN6. The molecule has 0 aliphatic carbocycles. The zero-order valence-electron chi connectivity index (χ0n) is 17.1. The van der Waals surface area contributed by atoms with Gasteiger partial charge >= 0.3 is 0 Å². The fourth-order valence-electron chi connectivity index (χ4n) is 5.15. The molecule has 2 unspecified atom stereocenters. The minimum absolute atomic E-state index is 0.281. The molecular weight excluding hydrogens is 379 g/mol. The molecule has 1 aromatic carbocycles. The summed E-state index contributed by atoms with van der Waals surface area (Å²) >= 11 is 0. The highest BCUT2D eigenvalue weighted by molar-refractivity contribution is 5.84. The molecule has 2 bridgehead atoms. The number of nitrogens with one attached hydrogen (secondary N) is 1. The Kier molecular flexibility index (Phi) is 3.90. The van der Waals surface area contributed by atoms with Gasteiger partial charge in [-0.05, 0) is 69.4 Å². The molecule has 0 saturated carbocycles. The second-order valence-electron chi connectivity index (χ2n) is 8.83. The van der Waals surface area contributed by atoms with Crippen molar-refractivity contribution in [2.45, 2.75) is 57.5 Å². The van der Waals surface area contributed by atoms with Crippen LogP contribution in [-0.4, -0.2) is 36.9 Å². The normalized spacial score (nSPS) is 23.5. The Morgan fingerprint density at radius 3 is 2.63 bits per heavy atom. The molecule has 30 heavy (non-hydrogen) atoms. The number of aryl methyl sites for hydroxylation is 2. The van der Waals surface area contributed by atoms with Crippen molar-refractivity contribution in [2.75, 3.05) is 0 Å². The van der Waals surface area contributed by atoms with E-state index in [0.29, 0.717) is 40.2 Å². The summed E-state index contributed by atoms with van der Waals surface area (Å²) in [4.78, 5) is 4.48. The smallest absolute Gasteiger partial charge is 0.156 e. The number of hydrogen-bond donors (Lipinski definition) is 1. The Bertz CT molecular complexity index is 1280. The Morgan fingerprint density at radius 2 is 1.83 bits per heavy atom. The Labute approximate surface area is 173 Å². The van der Waals surface area contributed by atoms with Gasteiger partial charge in [-0.1, -0.05) is 0 Å². The molecule has 0 radical (unpaired) electrons.